The molecule has 2 aromatic carbocycles. The molecule has 5 nitrogen and oxygen atoms in total. The van der Waals surface area contributed by atoms with Crippen molar-refractivity contribution in [2.75, 3.05) is 19.5 Å². The summed E-state index contributed by atoms with van der Waals surface area (Å²) < 4.78 is 13.4. The largest absolute Gasteiger partial charge is 0.496 e. The quantitative estimate of drug-likeness (QED) is 0.307. The van der Waals surface area contributed by atoms with Crippen LogP contribution in [0.4, 0.5) is 0 Å². The minimum atomic E-state index is 0.598. The Hall–Kier alpha value is -2.73. The van der Waals surface area contributed by atoms with Crippen molar-refractivity contribution in [1.29, 1.82) is 0 Å². The second-order valence-electron chi connectivity index (χ2n) is 5.87. The van der Waals surface area contributed by atoms with E-state index in [1.807, 2.05) is 66.1 Å². The molecule has 0 radical (unpaired) electrons. The van der Waals surface area contributed by atoms with Gasteiger partial charge in [-0.15, -0.1) is 16.8 Å². The summed E-state index contributed by atoms with van der Waals surface area (Å²) in [6, 6.07) is 15.8. The van der Waals surface area contributed by atoms with Crippen molar-refractivity contribution in [1.82, 2.24) is 14.8 Å². The molecule has 0 aliphatic heterocycles. The van der Waals surface area contributed by atoms with Gasteiger partial charge in [0, 0.05) is 12.3 Å². The summed E-state index contributed by atoms with van der Waals surface area (Å²) in [6.07, 6.45) is 1.84. The first-order valence-corrected chi connectivity index (χ1v) is 9.72. The van der Waals surface area contributed by atoms with Gasteiger partial charge in [0.1, 0.15) is 11.5 Å². The first-order chi connectivity index (χ1) is 13.2. The Balaban J connectivity index is 1.72. The van der Waals surface area contributed by atoms with Crippen LogP contribution in [0, 0.1) is 6.92 Å². The summed E-state index contributed by atoms with van der Waals surface area (Å²) in [5, 5.41) is 9.59. The van der Waals surface area contributed by atoms with E-state index in [2.05, 4.69) is 16.8 Å². The van der Waals surface area contributed by atoms with Gasteiger partial charge >= 0.3 is 0 Å². The fraction of sp³-hybridized carbons (Fsp3) is 0.238. The number of nitrogens with zero attached hydrogens (tertiary/aromatic N) is 3. The van der Waals surface area contributed by atoms with E-state index in [4.69, 9.17) is 9.47 Å². The van der Waals surface area contributed by atoms with Gasteiger partial charge in [0.2, 0.25) is 0 Å². The molecule has 6 heteroatoms. The van der Waals surface area contributed by atoms with Gasteiger partial charge in [0.15, 0.2) is 11.0 Å². The zero-order valence-electron chi connectivity index (χ0n) is 15.6. The van der Waals surface area contributed by atoms with E-state index in [0.29, 0.717) is 13.2 Å². The summed E-state index contributed by atoms with van der Waals surface area (Å²) in [6.45, 7) is 7.13. The summed E-state index contributed by atoms with van der Waals surface area (Å²) in [7, 11) is 1.66. The van der Waals surface area contributed by atoms with Crippen LogP contribution >= 0.6 is 11.8 Å². The molecule has 0 aliphatic rings. The highest BCUT2D eigenvalue weighted by atomic mass is 32.2. The topological polar surface area (TPSA) is 49.2 Å². The monoisotopic (exact) mass is 381 g/mol. The van der Waals surface area contributed by atoms with E-state index in [1.54, 1.807) is 18.9 Å². The number of methoxy groups -OCH3 is 1. The van der Waals surface area contributed by atoms with Crippen molar-refractivity contribution in [2.45, 2.75) is 18.6 Å². The van der Waals surface area contributed by atoms with Crippen molar-refractivity contribution in [3.8, 4) is 22.9 Å². The molecule has 0 spiro atoms. The van der Waals surface area contributed by atoms with Gasteiger partial charge in [-0.2, -0.15) is 0 Å². The zero-order chi connectivity index (χ0) is 19.1. The van der Waals surface area contributed by atoms with E-state index in [1.165, 1.54) is 0 Å². The number of rotatable bonds is 9. The number of ether oxygens (including phenoxy) is 2. The van der Waals surface area contributed by atoms with E-state index < -0.39 is 0 Å². The lowest BCUT2D eigenvalue weighted by Gasteiger charge is -2.11. The van der Waals surface area contributed by atoms with Crippen molar-refractivity contribution in [3.63, 3.8) is 0 Å². The molecule has 0 amide bonds. The lowest BCUT2D eigenvalue weighted by molar-refractivity contribution is 0.341. The number of aromatic nitrogens is 3. The van der Waals surface area contributed by atoms with Gasteiger partial charge < -0.3 is 9.47 Å². The molecule has 0 bridgehead atoms. The molecule has 0 unspecified atom stereocenters. The van der Waals surface area contributed by atoms with Crippen LogP contribution < -0.4 is 9.47 Å². The highest BCUT2D eigenvalue weighted by molar-refractivity contribution is 7.99. The molecule has 1 aromatic heterocycles. The molecule has 0 atom stereocenters. The highest BCUT2D eigenvalue weighted by Crippen LogP contribution is 2.31. The fourth-order valence-corrected chi connectivity index (χ4v) is 3.49. The SMILES string of the molecule is C=CCn1c(SCCOc2ccccc2C)nnc1-c1ccccc1OC. The van der Waals surface area contributed by atoms with Crippen molar-refractivity contribution >= 4 is 11.8 Å². The number of hydrogen-bond donors (Lipinski definition) is 0. The predicted octanol–water partition coefficient (Wildman–Crippen LogP) is 4.62. The molecule has 3 rings (SSSR count). The van der Waals surface area contributed by atoms with Gasteiger partial charge in [0.25, 0.3) is 0 Å². The Bertz CT molecular complexity index is 908. The summed E-state index contributed by atoms with van der Waals surface area (Å²) in [4.78, 5) is 0. The first-order valence-electron chi connectivity index (χ1n) is 8.73. The maximum atomic E-state index is 5.87. The fourth-order valence-electron chi connectivity index (χ4n) is 2.72. The predicted molar refractivity (Wildman–Crippen MR) is 110 cm³/mol. The molecule has 140 valence electrons. The number of benzene rings is 2. The van der Waals surface area contributed by atoms with Crippen LogP contribution in [-0.4, -0.2) is 34.2 Å². The van der Waals surface area contributed by atoms with Crippen LogP contribution in [0.15, 0.2) is 66.3 Å². The first kappa shape index (κ1) is 19.0. The third-order valence-electron chi connectivity index (χ3n) is 4.04. The van der Waals surface area contributed by atoms with Crippen molar-refractivity contribution in [2.24, 2.45) is 0 Å². The van der Waals surface area contributed by atoms with Gasteiger partial charge in [-0.3, -0.25) is 4.57 Å². The second kappa shape index (κ2) is 9.28. The maximum absolute atomic E-state index is 5.87. The molecule has 0 fully saturated rings. The molecular weight excluding hydrogens is 358 g/mol. The third kappa shape index (κ3) is 4.52. The minimum Gasteiger partial charge on any atom is -0.496 e. The highest BCUT2D eigenvalue weighted by Gasteiger charge is 2.16. The molecular formula is C21H23N3O2S. The lowest BCUT2D eigenvalue weighted by Crippen LogP contribution is -2.05. The molecule has 1 heterocycles. The Morgan fingerprint density at radius 2 is 1.81 bits per heavy atom. The van der Waals surface area contributed by atoms with Crippen molar-refractivity contribution in [3.05, 3.63) is 66.7 Å². The van der Waals surface area contributed by atoms with Crippen LogP contribution in [0.25, 0.3) is 11.4 Å². The number of allylic oxidation sites excluding steroid dienone is 1. The Morgan fingerprint density at radius 3 is 2.56 bits per heavy atom. The standard InChI is InChI=1S/C21H23N3O2S/c1-4-13-24-20(17-10-6-8-12-19(17)25-3)22-23-21(24)27-15-14-26-18-11-7-5-9-16(18)2/h4-12H,1,13-15H2,2-3H3. The van der Waals surface area contributed by atoms with Crippen LogP contribution in [0.1, 0.15) is 5.56 Å². The maximum Gasteiger partial charge on any atom is 0.191 e. The number of aryl methyl sites for hydroxylation is 1. The van der Waals surface area contributed by atoms with E-state index in [0.717, 1.165) is 39.4 Å². The summed E-state index contributed by atoms with van der Waals surface area (Å²) >= 11 is 1.62. The normalized spacial score (nSPS) is 10.6. The van der Waals surface area contributed by atoms with Crippen LogP contribution in [0.2, 0.25) is 0 Å². The molecule has 0 N–H and O–H groups in total. The number of thioether (sulfide) groups is 1. The van der Waals surface area contributed by atoms with Gasteiger partial charge in [-0.25, -0.2) is 0 Å². The smallest absolute Gasteiger partial charge is 0.191 e. The summed E-state index contributed by atoms with van der Waals surface area (Å²) in [5.74, 6) is 3.24. The van der Waals surface area contributed by atoms with Crippen LogP contribution in [-0.2, 0) is 6.54 Å². The Morgan fingerprint density at radius 1 is 1.07 bits per heavy atom. The molecule has 3 aromatic rings. The number of para-hydroxylation sites is 2. The lowest BCUT2D eigenvalue weighted by atomic mass is 10.2. The molecule has 0 saturated carbocycles. The van der Waals surface area contributed by atoms with Crippen molar-refractivity contribution < 1.29 is 9.47 Å². The second-order valence-corrected chi connectivity index (χ2v) is 6.93. The summed E-state index contributed by atoms with van der Waals surface area (Å²) in [5.41, 5.74) is 2.05. The average Bonchev–Trinajstić information content (AvgIpc) is 3.09. The van der Waals surface area contributed by atoms with E-state index in [9.17, 15) is 0 Å². The Labute approximate surface area is 164 Å². The van der Waals surface area contributed by atoms with Gasteiger partial charge in [-0.1, -0.05) is 48.2 Å². The Kier molecular flexibility index (Phi) is 6.54. The minimum absolute atomic E-state index is 0.598. The third-order valence-corrected chi connectivity index (χ3v) is 4.97. The average molecular weight is 382 g/mol. The molecule has 0 aliphatic carbocycles. The molecule has 0 saturated heterocycles. The van der Waals surface area contributed by atoms with Gasteiger partial charge in [0.05, 0.1) is 19.3 Å². The van der Waals surface area contributed by atoms with E-state index in [-0.39, 0.29) is 0 Å². The van der Waals surface area contributed by atoms with Crippen LogP contribution in [0.5, 0.6) is 11.5 Å². The van der Waals surface area contributed by atoms with Crippen LogP contribution in [0.3, 0.4) is 0 Å². The zero-order valence-corrected chi connectivity index (χ0v) is 16.4. The number of hydrogen-bond acceptors (Lipinski definition) is 5. The van der Waals surface area contributed by atoms with E-state index >= 15 is 0 Å². The van der Waals surface area contributed by atoms with Gasteiger partial charge in [-0.05, 0) is 30.7 Å². The molecule has 27 heavy (non-hydrogen) atoms.